The molecule has 1 fully saturated rings. The summed E-state index contributed by atoms with van der Waals surface area (Å²) in [7, 11) is 0. The van der Waals surface area contributed by atoms with Crippen LogP contribution < -0.4 is 0 Å². The van der Waals surface area contributed by atoms with Crippen LogP contribution >= 0.6 is 11.8 Å². The second kappa shape index (κ2) is 4.77. The molecule has 1 aliphatic rings. The minimum Gasteiger partial charge on any atom is -0.198 e. The Morgan fingerprint density at radius 2 is 2.25 bits per heavy atom. The monoisotopic (exact) mass is 183 g/mol. The molecular formula is C10H17NS. The molecule has 0 heterocycles. The van der Waals surface area contributed by atoms with Gasteiger partial charge in [-0.1, -0.05) is 13.8 Å². The van der Waals surface area contributed by atoms with Gasteiger partial charge in [-0.25, -0.2) is 0 Å². The van der Waals surface area contributed by atoms with Gasteiger partial charge in [-0.15, -0.1) is 0 Å². The van der Waals surface area contributed by atoms with Gasteiger partial charge in [0.1, 0.15) is 0 Å². The average Bonchev–Trinajstić information content (AvgIpc) is 2.05. The molecule has 0 aromatic carbocycles. The number of nitriles is 1. The molecule has 3 atom stereocenters. The second-order valence-corrected chi connectivity index (χ2v) is 5.16. The maximum Gasteiger partial charge on any atom is 0.0667 e. The lowest BCUT2D eigenvalue weighted by atomic mass is 9.83. The number of hydrogen-bond acceptors (Lipinski definition) is 2. The maximum absolute atomic E-state index is 8.91. The highest BCUT2D eigenvalue weighted by Crippen LogP contribution is 2.35. The molecule has 0 radical (unpaired) electrons. The van der Waals surface area contributed by atoms with E-state index in [2.05, 4.69) is 19.9 Å². The lowest BCUT2D eigenvalue weighted by Crippen LogP contribution is -2.25. The molecule has 0 aromatic rings. The highest BCUT2D eigenvalue weighted by atomic mass is 32.2. The van der Waals surface area contributed by atoms with Gasteiger partial charge in [0, 0.05) is 5.25 Å². The first-order valence-electron chi connectivity index (χ1n) is 4.79. The number of nitrogens with zero attached hydrogens (tertiary/aromatic N) is 1. The topological polar surface area (TPSA) is 23.8 Å². The van der Waals surface area contributed by atoms with Crippen LogP contribution in [0.4, 0.5) is 0 Å². The summed E-state index contributed by atoms with van der Waals surface area (Å²) >= 11 is 1.97. The third kappa shape index (κ3) is 2.42. The van der Waals surface area contributed by atoms with Gasteiger partial charge in [0.25, 0.3) is 0 Å². The molecule has 0 amide bonds. The van der Waals surface area contributed by atoms with Crippen LogP contribution in [0.1, 0.15) is 33.1 Å². The summed E-state index contributed by atoms with van der Waals surface area (Å²) in [4.78, 5) is 0. The van der Waals surface area contributed by atoms with Gasteiger partial charge in [0.15, 0.2) is 0 Å². The molecule has 0 N–H and O–H groups in total. The Morgan fingerprint density at radius 1 is 1.50 bits per heavy atom. The van der Waals surface area contributed by atoms with Crippen LogP contribution in [0.25, 0.3) is 0 Å². The Kier molecular flexibility index (Phi) is 3.94. The van der Waals surface area contributed by atoms with Crippen molar-refractivity contribution in [3.05, 3.63) is 0 Å². The van der Waals surface area contributed by atoms with Crippen LogP contribution in [0.5, 0.6) is 0 Å². The molecule has 3 unspecified atom stereocenters. The van der Waals surface area contributed by atoms with Gasteiger partial charge >= 0.3 is 0 Å². The van der Waals surface area contributed by atoms with E-state index in [9.17, 15) is 0 Å². The molecule has 1 saturated carbocycles. The molecule has 2 heteroatoms. The summed E-state index contributed by atoms with van der Waals surface area (Å²) in [5.41, 5.74) is 0. The van der Waals surface area contributed by atoms with E-state index in [1.807, 2.05) is 11.8 Å². The van der Waals surface area contributed by atoms with E-state index in [0.717, 1.165) is 18.1 Å². The minimum absolute atomic E-state index is 0.325. The van der Waals surface area contributed by atoms with Gasteiger partial charge in [-0.2, -0.15) is 17.0 Å². The summed E-state index contributed by atoms with van der Waals surface area (Å²) in [6, 6.07) is 2.44. The van der Waals surface area contributed by atoms with Crippen molar-refractivity contribution in [1.29, 1.82) is 5.26 Å². The lowest BCUT2D eigenvalue weighted by Gasteiger charge is -2.30. The van der Waals surface area contributed by atoms with Crippen molar-refractivity contribution in [3.63, 3.8) is 0 Å². The second-order valence-electron chi connectivity index (χ2n) is 3.65. The van der Waals surface area contributed by atoms with Crippen molar-refractivity contribution in [3.8, 4) is 6.07 Å². The molecule has 0 bridgehead atoms. The molecule has 0 saturated heterocycles. The van der Waals surface area contributed by atoms with E-state index in [0.29, 0.717) is 11.2 Å². The highest BCUT2D eigenvalue weighted by molar-refractivity contribution is 7.99. The third-order valence-electron chi connectivity index (χ3n) is 2.60. The van der Waals surface area contributed by atoms with Crippen molar-refractivity contribution in [1.82, 2.24) is 0 Å². The fraction of sp³-hybridized carbons (Fsp3) is 0.900. The quantitative estimate of drug-likeness (QED) is 0.657. The Bertz CT molecular complexity index is 173. The van der Waals surface area contributed by atoms with Gasteiger partial charge < -0.3 is 0 Å². The van der Waals surface area contributed by atoms with Crippen LogP contribution in [0.3, 0.4) is 0 Å². The maximum atomic E-state index is 8.91. The number of hydrogen-bond donors (Lipinski definition) is 0. The molecule has 0 aliphatic heterocycles. The average molecular weight is 183 g/mol. The summed E-state index contributed by atoms with van der Waals surface area (Å²) in [5, 5.41) is 9.53. The van der Waals surface area contributed by atoms with E-state index in [1.165, 1.54) is 12.8 Å². The largest absolute Gasteiger partial charge is 0.198 e. The molecule has 0 aromatic heterocycles. The molecule has 68 valence electrons. The fourth-order valence-corrected chi connectivity index (χ4v) is 3.20. The Labute approximate surface area is 79.5 Å². The highest BCUT2D eigenvalue weighted by Gasteiger charge is 2.28. The van der Waals surface area contributed by atoms with Crippen LogP contribution in [0.2, 0.25) is 0 Å². The molecule has 1 rings (SSSR count). The Balaban J connectivity index is 2.47. The molecule has 12 heavy (non-hydrogen) atoms. The first kappa shape index (κ1) is 9.92. The van der Waals surface area contributed by atoms with Gasteiger partial charge in [0.2, 0.25) is 0 Å². The summed E-state index contributed by atoms with van der Waals surface area (Å²) in [5.74, 6) is 2.31. The van der Waals surface area contributed by atoms with Gasteiger partial charge in [-0.3, -0.25) is 0 Å². The molecule has 0 spiro atoms. The van der Waals surface area contributed by atoms with Crippen LogP contribution in [-0.2, 0) is 0 Å². The van der Waals surface area contributed by atoms with E-state index < -0.39 is 0 Å². The standard InChI is InChI=1S/C10H17NS/c1-3-12-10-6-8(2)4-5-9(10)7-11/h8-10H,3-6H2,1-2H3. The van der Waals surface area contributed by atoms with Gasteiger partial charge in [0.05, 0.1) is 12.0 Å². The van der Waals surface area contributed by atoms with Crippen molar-refractivity contribution < 1.29 is 0 Å². The van der Waals surface area contributed by atoms with E-state index in [1.54, 1.807) is 0 Å². The SMILES string of the molecule is CCSC1CC(C)CCC1C#N. The zero-order chi connectivity index (χ0) is 8.97. The van der Waals surface area contributed by atoms with Gasteiger partial charge in [-0.05, 0) is 30.9 Å². The summed E-state index contributed by atoms with van der Waals surface area (Å²) in [6.07, 6.45) is 3.62. The zero-order valence-electron chi connectivity index (χ0n) is 7.92. The smallest absolute Gasteiger partial charge is 0.0667 e. The lowest BCUT2D eigenvalue weighted by molar-refractivity contribution is 0.346. The number of thioether (sulfide) groups is 1. The van der Waals surface area contributed by atoms with Crippen LogP contribution in [0.15, 0.2) is 0 Å². The zero-order valence-corrected chi connectivity index (χ0v) is 8.73. The molecule has 1 aliphatic carbocycles. The van der Waals surface area contributed by atoms with Crippen molar-refractivity contribution in [2.75, 3.05) is 5.75 Å². The predicted molar refractivity (Wildman–Crippen MR) is 54.0 cm³/mol. The van der Waals surface area contributed by atoms with E-state index in [4.69, 9.17) is 5.26 Å². The molecule has 1 nitrogen and oxygen atoms in total. The first-order valence-corrected chi connectivity index (χ1v) is 5.84. The van der Waals surface area contributed by atoms with Crippen LogP contribution in [0, 0.1) is 23.2 Å². The molecular weight excluding hydrogens is 166 g/mol. The van der Waals surface area contributed by atoms with Crippen LogP contribution in [-0.4, -0.2) is 11.0 Å². The Hall–Kier alpha value is -0.160. The normalized spacial score (nSPS) is 35.9. The van der Waals surface area contributed by atoms with Crippen molar-refractivity contribution >= 4 is 11.8 Å². The first-order chi connectivity index (χ1) is 5.77. The fourth-order valence-electron chi connectivity index (χ4n) is 1.87. The summed E-state index contributed by atoms with van der Waals surface area (Å²) < 4.78 is 0. The third-order valence-corrected chi connectivity index (χ3v) is 3.88. The number of rotatable bonds is 2. The van der Waals surface area contributed by atoms with Crippen molar-refractivity contribution in [2.24, 2.45) is 11.8 Å². The summed E-state index contributed by atoms with van der Waals surface area (Å²) in [6.45, 7) is 4.48. The minimum atomic E-state index is 0.325. The van der Waals surface area contributed by atoms with E-state index in [-0.39, 0.29) is 0 Å². The van der Waals surface area contributed by atoms with Crippen molar-refractivity contribution in [2.45, 2.75) is 38.4 Å². The van der Waals surface area contributed by atoms with E-state index >= 15 is 0 Å². The predicted octanol–water partition coefficient (Wildman–Crippen LogP) is 3.07. The Morgan fingerprint density at radius 3 is 2.83 bits per heavy atom.